The van der Waals surface area contributed by atoms with Crippen molar-refractivity contribution in [2.45, 2.75) is 13.8 Å². The topological polar surface area (TPSA) is 0 Å². The van der Waals surface area contributed by atoms with Crippen LogP contribution in [0.4, 0.5) is 0 Å². The predicted molar refractivity (Wildman–Crippen MR) is 64.2 cm³/mol. The molecule has 0 atom stereocenters. The summed E-state index contributed by atoms with van der Waals surface area (Å²) in [7, 11) is 0. The zero-order valence-electron chi connectivity index (χ0n) is 8.88. The molecule has 0 fully saturated rings. The standard InChI is InChI=1S/C14H16/c1-5-11(3)13(6-2)14-10-8-7-9-12(14)4/h5-10H,1-2H2,3-4H3/b13-11+. The van der Waals surface area contributed by atoms with Gasteiger partial charge in [0.1, 0.15) is 0 Å². The highest BCUT2D eigenvalue weighted by molar-refractivity contribution is 5.79. The van der Waals surface area contributed by atoms with Gasteiger partial charge in [-0.25, -0.2) is 0 Å². The average molecular weight is 184 g/mol. The van der Waals surface area contributed by atoms with Crippen LogP contribution in [0.2, 0.25) is 0 Å². The third-order valence-electron chi connectivity index (χ3n) is 2.37. The molecular weight excluding hydrogens is 168 g/mol. The van der Waals surface area contributed by atoms with Crippen molar-refractivity contribution in [3.63, 3.8) is 0 Å². The minimum absolute atomic E-state index is 1.16. The lowest BCUT2D eigenvalue weighted by Gasteiger charge is -2.08. The van der Waals surface area contributed by atoms with Gasteiger partial charge < -0.3 is 0 Å². The molecule has 1 rings (SSSR count). The predicted octanol–water partition coefficient (Wildman–Crippen LogP) is 4.14. The van der Waals surface area contributed by atoms with Crippen LogP contribution in [0, 0.1) is 6.92 Å². The molecule has 0 bridgehead atoms. The van der Waals surface area contributed by atoms with E-state index >= 15 is 0 Å². The van der Waals surface area contributed by atoms with Crippen LogP contribution in [-0.4, -0.2) is 0 Å². The summed E-state index contributed by atoms with van der Waals surface area (Å²) in [5.74, 6) is 0. The lowest BCUT2D eigenvalue weighted by molar-refractivity contribution is 1.41. The molecule has 0 heteroatoms. The summed E-state index contributed by atoms with van der Waals surface area (Å²) in [6.07, 6.45) is 3.75. The van der Waals surface area contributed by atoms with E-state index in [1.807, 2.05) is 24.3 Å². The summed E-state index contributed by atoms with van der Waals surface area (Å²) in [4.78, 5) is 0. The van der Waals surface area contributed by atoms with E-state index in [1.54, 1.807) is 0 Å². The second kappa shape index (κ2) is 4.61. The van der Waals surface area contributed by atoms with Crippen LogP contribution >= 0.6 is 0 Å². The van der Waals surface area contributed by atoms with Crippen molar-refractivity contribution in [1.82, 2.24) is 0 Å². The van der Waals surface area contributed by atoms with Gasteiger partial charge in [0.2, 0.25) is 0 Å². The first kappa shape index (κ1) is 10.5. The van der Waals surface area contributed by atoms with Crippen molar-refractivity contribution >= 4 is 5.57 Å². The highest BCUT2D eigenvalue weighted by Crippen LogP contribution is 2.23. The summed E-state index contributed by atoms with van der Waals surface area (Å²) in [5.41, 5.74) is 4.83. The summed E-state index contributed by atoms with van der Waals surface area (Å²) in [6.45, 7) is 11.8. The van der Waals surface area contributed by atoms with Crippen LogP contribution in [0.15, 0.2) is 55.1 Å². The minimum atomic E-state index is 1.16. The van der Waals surface area contributed by atoms with Crippen LogP contribution in [0.5, 0.6) is 0 Å². The maximum absolute atomic E-state index is 3.84. The third kappa shape index (κ3) is 2.02. The van der Waals surface area contributed by atoms with Gasteiger partial charge in [0.25, 0.3) is 0 Å². The van der Waals surface area contributed by atoms with Crippen molar-refractivity contribution in [2.75, 3.05) is 0 Å². The lowest BCUT2D eigenvalue weighted by atomic mass is 9.97. The number of rotatable bonds is 3. The Balaban J connectivity index is 3.34. The Morgan fingerprint density at radius 3 is 2.29 bits per heavy atom. The van der Waals surface area contributed by atoms with Gasteiger partial charge in [0.05, 0.1) is 0 Å². The van der Waals surface area contributed by atoms with Gasteiger partial charge in [-0.1, -0.05) is 49.6 Å². The molecule has 0 saturated carbocycles. The summed E-state index contributed by atoms with van der Waals surface area (Å²) in [6, 6.07) is 8.31. The summed E-state index contributed by atoms with van der Waals surface area (Å²) < 4.78 is 0. The van der Waals surface area contributed by atoms with Crippen molar-refractivity contribution in [1.29, 1.82) is 0 Å². The van der Waals surface area contributed by atoms with E-state index in [-0.39, 0.29) is 0 Å². The van der Waals surface area contributed by atoms with E-state index in [1.165, 1.54) is 11.1 Å². The van der Waals surface area contributed by atoms with Gasteiger partial charge in [0, 0.05) is 0 Å². The minimum Gasteiger partial charge on any atom is -0.0988 e. The van der Waals surface area contributed by atoms with Crippen molar-refractivity contribution in [3.05, 3.63) is 66.3 Å². The van der Waals surface area contributed by atoms with Crippen LogP contribution in [0.1, 0.15) is 18.1 Å². The van der Waals surface area contributed by atoms with E-state index < -0.39 is 0 Å². The number of hydrogen-bond acceptors (Lipinski definition) is 0. The molecule has 0 aliphatic rings. The fraction of sp³-hybridized carbons (Fsp3) is 0.143. The second-order valence-corrected chi connectivity index (χ2v) is 3.32. The fourth-order valence-electron chi connectivity index (χ4n) is 1.47. The van der Waals surface area contributed by atoms with Gasteiger partial charge in [-0.3, -0.25) is 0 Å². The smallest absolute Gasteiger partial charge is 0.0152 e. The van der Waals surface area contributed by atoms with Crippen LogP contribution < -0.4 is 0 Å². The number of hydrogen-bond donors (Lipinski definition) is 0. The highest BCUT2D eigenvalue weighted by atomic mass is 14.1. The molecule has 14 heavy (non-hydrogen) atoms. The van der Waals surface area contributed by atoms with Gasteiger partial charge in [-0.05, 0) is 36.1 Å². The first-order chi connectivity index (χ1) is 6.70. The van der Waals surface area contributed by atoms with E-state index in [2.05, 4.69) is 39.1 Å². The third-order valence-corrected chi connectivity index (χ3v) is 2.37. The van der Waals surface area contributed by atoms with E-state index in [0.29, 0.717) is 0 Å². The zero-order valence-corrected chi connectivity index (χ0v) is 8.88. The molecule has 0 nitrogen and oxygen atoms in total. The van der Waals surface area contributed by atoms with Crippen molar-refractivity contribution < 1.29 is 0 Å². The fourth-order valence-corrected chi connectivity index (χ4v) is 1.47. The van der Waals surface area contributed by atoms with Crippen molar-refractivity contribution in [2.24, 2.45) is 0 Å². The Bertz CT molecular complexity index is 381. The quantitative estimate of drug-likeness (QED) is 0.619. The number of allylic oxidation sites excluding steroid dienone is 4. The maximum atomic E-state index is 3.84. The van der Waals surface area contributed by atoms with E-state index in [4.69, 9.17) is 0 Å². The van der Waals surface area contributed by atoms with Gasteiger partial charge in [0.15, 0.2) is 0 Å². The monoisotopic (exact) mass is 184 g/mol. The largest absolute Gasteiger partial charge is 0.0988 e. The molecular formula is C14H16. The van der Waals surface area contributed by atoms with E-state index in [9.17, 15) is 0 Å². The van der Waals surface area contributed by atoms with Crippen LogP contribution in [0.3, 0.4) is 0 Å². The second-order valence-electron chi connectivity index (χ2n) is 3.32. The molecule has 1 aromatic carbocycles. The van der Waals surface area contributed by atoms with Crippen LogP contribution in [-0.2, 0) is 0 Å². The molecule has 0 aromatic heterocycles. The first-order valence-corrected chi connectivity index (χ1v) is 4.72. The molecule has 0 unspecified atom stereocenters. The molecule has 0 spiro atoms. The molecule has 1 aromatic rings. The van der Waals surface area contributed by atoms with Gasteiger partial charge >= 0.3 is 0 Å². The molecule has 0 aliphatic heterocycles. The molecule has 72 valence electrons. The Morgan fingerprint density at radius 2 is 1.79 bits per heavy atom. The Morgan fingerprint density at radius 1 is 1.14 bits per heavy atom. The number of aryl methyl sites for hydroxylation is 1. The number of benzene rings is 1. The molecule has 0 heterocycles. The SMILES string of the molecule is C=C/C(C)=C(\C=C)c1ccccc1C. The Kier molecular flexibility index (Phi) is 3.47. The van der Waals surface area contributed by atoms with Gasteiger partial charge in [-0.15, -0.1) is 0 Å². The molecule has 0 saturated heterocycles. The summed E-state index contributed by atoms with van der Waals surface area (Å²) >= 11 is 0. The highest BCUT2D eigenvalue weighted by Gasteiger charge is 2.02. The van der Waals surface area contributed by atoms with Crippen molar-refractivity contribution in [3.8, 4) is 0 Å². The first-order valence-electron chi connectivity index (χ1n) is 4.72. The maximum Gasteiger partial charge on any atom is -0.0152 e. The molecule has 0 aliphatic carbocycles. The molecule has 0 radical (unpaired) electrons. The van der Waals surface area contributed by atoms with Crippen LogP contribution in [0.25, 0.3) is 5.57 Å². The average Bonchev–Trinajstić information content (AvgIpc) is 2.21. The molecule has 0 N–H and O–H groups in total. The Hall–Kier alpha value is -1.56. The molecule has 0 amide bonds. The normalized spacial score (nSPS) is 11.9. The van der Waals surface area contributed by atoms with E-state index in [0.717, 1.165) is 11.1 Å². The summed E-state index contributed by atoms with van der Waals surface area (Å²) in [5, 5.41) is 0. The van der Waals surface area contributed by atoms with Gasteiger partial charge in [-0.2, -0.15) is 0 Å². The lowest BCUT2D eigenvalue weighted by Crippen LogP contribution is -1.88. The Labute approximate surface area is 86.3 Å². The zero-order chi connectivity index (χ0) is 10.6.